The highest BCUT2D eigenvalue weighted by atomic mass is 16.7. The smallest absolute Gasteiger partial charge is 0.339 e. The second-order valence-corrected chi connectivity index (χ2v) is 7.01. The van der Waals surface area contributed by atoms with E-state index in [4.69, 9.17) is 14.2 Å². The van der Waals surface area contributed by atoms with Crippen molar-refractivity contribution < 1.29 is 28.7 Å². The second-order valence-electron chi connectivity index (χ2n) is 7.01. The van der Waals surface area contributed by atoms with Crippen molar-refractivity contribution in [2.24, 2.45) is 0 Å². The van der Waals surface area contributed by atoms with Crippen LogP contribution in [-0.4, -0.2) is 35.7 Å². The molecule has 10 heteroatoms. The third kappa shape index (κ3) is 4.27. The monoisotopic (exact) mass is 413 g/mol. The lowest BCUT2D eigenvalue weighted by Crippen LogP contribution is -2.30. The molecule has 2 aliphatic rings. The molecule has 0 radical (unpaired) electrons. The van der Waals surface area contributed by atoms with Crippen LogP contribution in [0.5, 0.6) is 11.5 Å². The SMILES string of the molecule is C[C@H](OC(=O)c1ccc(NC2CC2)c([N+](=O)[O-])c1)C(=O)Nc1ccc2c(c1)OCO2. The predicted molar refractivity (Wildman–Crippen MR) is 106 cm³/mol. The first-order valence-electron chi connectivity index (χ1n) is 9.37. The lowest BCUT2D eigenvalue weighted by atomic mass is 10.1. The zero-order valence-electron chi connectivity index (χ0n) is 16.0. The zero-order chi connectivity index (χ0) is 21.3. The molecule has 4 rings (SSSR count). The summed E-state index contributed by atoms with van der Waals surface area (Å²) in [7, 11) is 0. The number of esters is 1. The molecule has 0 spiro atoms. The van der Waals surface area contributed by atoms with Crippen molar-refractivity contribution in [2.45, 2.75) is 31.9 Å². The molecule has 0 unspecified atom stereocenters. The third-order valence-corrected chi connectivity index (χ3v) is 4.66. The zero-order valence-corrected chi connectivity index (χ0v) is 16.0. The van der Waals surface area contributed by atoms with Crippen LogP contribution < -0.4 is 20.1 Å². The molecule has 2 aromatic rings. The lowest BCUT2D eigenvalue weighted by molar-refractivity contribution is -0.384. The number of amides is 1. The number of nitrogens with zero attached hydrogens (tertiary/aromatic N) is 1. The minimum atomic E-state index is -1.12. The molecule has 2 aromatic carbocycles. The molecule has 156 valence electrons. The summed E-state index contributed by atoms with van der Waals surface area (Å²) < 4.78 is 15.6. The van der Waals surface area contributed by atoms with Gasteiger partial charge in [0.15, 0.2) is 17.6 Å². The molecule has 1 aliphatic carbocycles. The first kappa shape index (κ1) is 19.5. The van der Waals surface area contributed by atoms with Gasteiger partial charge in [0.05, 0.1) is 10.5 Å². The number of rotatable bonds is 7. The standard InChI is InChI=1S/C20H19N3O7/c1-11(19(24)22-14-5-7-17-18(9-14)29-10-28-17)30-20(25)12-2-6-15(21-13-3-4-13)16(8-12)23(26)27/h2,5-9,11,13,21H,3-4,10H2,1H3,(H,22,24)/t11-/m0/s1. The van der Waals surface area contributed by atoms with Gasteiger partial charge in [-0.1, -0.05) is 0 Å². The average molecular weight is 413 g/mol. The van der Waals surface area contributed by atoms with Gasteiger partial charge in [-0.05, 0) is 44.0 Å². The van der Waals surface area contributed by atoms with Gasteiger partial charge < -0.3 is 24.8 Å². The van der Waals surface area contributed by atoms with E-state index in [0.717, 1.165) is 18.9 Å². The molecule has 1 atom stereocenters. The third-order valence-electron chi connectivity index (χ3n) is 4.66. The molecule has 1 amide bonds. The van der Waals surface area contributed by atoms with E-state index in [0.29, 0.717) is 22.9 Å². The average Bonchev–Trinajstić information content (AvgIpc) is 3.41. The Balaban J connectivity index is 1.40. The molecule has 1 aliphatic heterocycles. The van der Waals surface area contributed by atoms with Crippen molar-refractivity contribution in [1.82, 2.24) is 0 Å². The van der Waals surface area contributed by atoms with Crippen molar-refractivity contribution >= 4 is 28.9 Å². The fourth-order valence-corrected chi connectivity index (χ4v) is 2.88. The second kappa shape index (κ2) is 7.90. The Kier molecular flexibility index (Phi) is 5.13. The van der Waals surface area contributed by atoms with E-state index < -0.39 is 22.9 Å². The Hall–Kier alpha value is -3.82. The van der Waals surface area contributed by atoms with Crippen LogP contribution in [0, 0.1) is 10.1 Å². The first-order chi connectivity index (χ1) is 14.4. The molecule has 0 bridgehead atoms. The molecular weight excluding hydrogens is 394 g/mol. The van der Waals surface area contributed by atoms with Gasteiger partial charge in [-0.3, -0.25) is 14.9 Å². The predicted octanol–water partition coefficient (Wildman–Crippen LogP) is 3.08. The normalized spacial score (nSPS) is 15.2. The number of nitrogens with one attached hydrogen (secondary N) is 2. The number of hydrogen-bond donors (Lipinski definition) is 2. The minimum Gasteiger partial charge on any atom is -0.454 e. The molecular formula is C20H19N3O7. The van der Waals surface area contributed by atoms with Crippen molar-refractivity contribution in [3.63, 3.8) is 0 Å². The maximum Gasteiger partial charge on any atom is 0.339 e. The van der Waals surface area contributed by atoms with E-state index in [1.165, 1.54) is 19.1 Å². The molecule has 10 nitrogen and oxygen atoms in total. The molecule has 1 fully saturated rings. The molecule has 0 saturated heterocycles. The summed E-state index contributed by atoms with van der Waals surface area (Å²) >= 11 is 0. The summed E-state index contributed by atoms with van der Waals surface area (Å²) in [6.45, 7) is 1.53. The largest absolute Gasteiger partial charge is 0.454 e. The highest BCUT2D eigenvalue weighted by Gasteiger charge is 2.27. The van der Waals surface area contributed by atoms with Gasteiger partial charge in [-0.25, -0.2) is 4.79 Å². The van der Waals surface area contributed by atoms with E-state index in [9.17, 15) is 19.7 Å². The quantitative estimate of drug-likeness (QED) is 0.402. The topological polar surface area (TPSA) is 129 Å². The van der Waals surface area contributed by atoms with Crippen LogP contribution in [0.2, 0.25) is 0 Å². The summed E-state index contributed by atoms with van der Waals surface area (Å²) in [6, 6.07) is 9.17. The number of ether oxygens (including phenoxy) is 3. The summed E-state index contributed by atoms with van der Waals surface area (Å²) in [5.41, 5.74) is 0.588. The number of fused-ring (bicyclic) bond motifs is 1. The van der Waals surface area contributed by atoms with Crippen LogP contribution in [0.15, 0.2) is 36.4 Å². The fraction of sp³-hybridized carbons (Fsp3) is 0.300. The van der Waals surface area contributed by atoms with Gasteiger partial charge in [-0.15, -0.1) is 0 Å². The van der Waals surface area contributed by atoms with Crippen molar-refractivity contribution in [3.05, 3.63) is 52.1 Å². The Morgan fingerprint density at radius 1 is 1.17 bits per heavy atom. The summed E-state index contributed by atoms with van der Waals surface area (Å²) in [5, 5.41) is 17.0. The molecule has 2 N–H and O–H groups in total. The van der Waals surface area contributed by atoms with Crippen LogP contribution in [0.3, 0.4) is 0 Å². The maximum absolute atomic E-state index is 12.4. The van der Waals surface area contributed by atoms with Gasteiger partial charge in [0.1, 0.15) is 5.69 Å². The van der Waals surface area contributed by atoms with Gasteiger partial charge in [-0.2, -0.15) is 0 Å². The minimum absolute atomic E-state index is 0.00854. The van der Waals surface area contributed by atoms with E-state index >= 15 is 0 Å². The Labute approximate surface area is 171 Å². The molecule has 30 heavy (non-hydrogen) atoms. The van der Waals surface area contributed by atoms with Crippen LogP contribution in [0.4, 0.5) is 17.1 Å². The van der Waals surface area contributed by atoms with E-state index in [-0.39, 0.29) is 24.1 Å². The van der Waals surface area contributed by atoms with Crippen LogP contribution in [-0.2, 0) is 9.53 Å². The summed E-state index contributed by atoms with van der Waals surface area (Å²) in [5.74, 6) is -0.300. The summed E-state index contributed by atoms with van der Waals surface area (Å²) in [4.78, 5) is 35.5. The Morgan fingerprint density at radius 3 is 2.67 bits per heavy atom. The highest BCUT2D eigenvalue weighted by molar-refractivity contribution is 5.98. The number of nitro benzene ring substituents is 1. The van der Waals surface area contributed by atoms with E-state index in [1.54, 1.807) is 18.2 Å². The molecule has 1 saturated carbocycles. The highest BCUT2D eigenvalue weighted by Crippen LogP contribution is 2.34. The van der Waals surface area contributed by atoms with Crippen molar-refractivity contribution in [1.29, 1.82) is 0 Å². The van der Waals surface area contributed by atoms with E-state index in [1.807, 2.05) is 0 Å². The Bertz CT molecular complexity index is 1020. The van der Waals surface area contributed by atoms with E-state index in [2.05, 4.69) is 10.6 Å². The number of anilines is 2. The Morgan fingerprint density at radius 2 is 1.93 bits per heavy atom. The number of nitro groups is 1. The number of carbonyl (C=O) groups is 2. The van der Waals surface area contributed by atoms with Gasteiger partial charge in [0, 0.05) is 23.9 Å². The van der Waals surface area contributed by atoms with Crippen molar-refractivity contribution in [2.75, 3.05) is 17.4 Å². The number of benzene rings is 2. The summed E-state index contributed by atoms with van der Waals surface area (Å²) in [6.07, 6.45) is 0.791. The van der Waals surface area contributed by atoms with Crippen LogP contribution >= 0.6 is 0 Å². The number of hydrogen-bond acceptors (Lipinski definition) is 8. The van der Waals surface area contributed by atoms with Gasteiger partial charge in [0.2, 0.25) is 6.79 Å². The van der Waals surface area contributed by atoms with Crippen LogP contribution in [0.1, 0.15) is 30.1 Å². The van der Waals surface area contributed by atoms with Gasteiger partial charge >= 0.3 is 5.97 Å². The fourth-order valence-electron chi connectivity index (χ4n) is 2.88. The lowest BCUT2D eigenvalue weighted by Gasteiger charge is -2.14. The number of carbonyl (C=O) groups excluding carboxylic acids is 2. The molecule has 1 heterocycles. The van der Waals surface area contributed by atoms with Crippen LogP contribution in [0.25, 0.3) is 0 Å². The van der Waals surface area contributed by atoms with Gasteiger partial charge in [0.25, 0.3) is 11.6 Å². The maximum atomic E-state index is 12.4. The molecule has 0 aromatic heterocycles. The first-order valence-corrected chi connectivity index (χ1v) is 9.37. The van der Waals surface area contributed by atoms with Crippen molar-refractivity contribution in [3.8, 4) is 11.5 Å².